The summed E-state index contributed by atoms with van der Waals surface area (Å²) < 4.78 is 65.0. The van der Waals surface area contributed by atoms with E-state index in [4.69, 9.17) is 0 Å². The van der Waals surface area contributed by atoms with Gasteiger partial charge in [-0.2, -0.15) is 0 Å². The van der Waals surface area contributed by atoms with E-state index < -0.39 is 33.2 Å². The Balaban J connectivity index is 2.10. The van der Waals surface area contributed by atoms with Crippen LogP contribution in [0.4, 0.5) is 18.9 Å². The third kappa shape index (κ3) is 3.63. The van der Waals surface area contributed by atoms with E-state index in [1.165, 1.54) is 0 Å². The molecule has 4 nitrogen and oxygen atoms in total. The van der Waals surface area contributed by atoms with Crippen molar-refractivity contribution in [2.24, 2.45) is 5.92 Å². The van der Waals surface area contributed by atoms with Gasteiger partial charge in [0, 0.05) is 0 Å². The fraction of sp³-hybridized carbons (Fsp3) is 0.500. The second-order valence-electron chi connectivity index (χ2n) is 4.80. The molecule has 8 heteroatoms. The predicted octanol–water partition coefficient (Wildman–Crippen LogP) is 1.85. The third-order valence-electron chi connectivity index (χ3n) is 3.21. The van der Waals surface area contributed by atoms with E-state index in [9.17, 15) is 21.6 Å². The minimum atomic E-state index is -3.79. The van der Waals surface area contributed by atoms with Gasteiger partial charge in [-0.15, -0.1) is 0 Å². The molecule has 20 heavy (non-hydrogen) atoms. The third-order valence-corrected chi connectivity index (χ3v) is 4.66. The van der Waals surface area contributed by atoms with Gasteiger partial charge in [0.2, 0.25) is 10.0 Å². The Hall–Kier alpha value is -1.28. The molecule has 1 aromatic carbocycles. The summed E-state index contributed by atoms with van der Waals surface area (Å²) in [6.45, 7) is 1.47. The summed E-state index contributed by atoms with van der Waals surface area (Å²) in [5.41, 5.74) is -0.571. The van der Waals surface area contributed by atoms with Crippen LogP contribution in [-0.2, 0) is 10.0 Å². The Bertz CT molecular complexity index is 587. The molecule has 0 saturated carbocycles. The van der Waals surface area contributed by atoms with Crippen molar-refractivity contribution in [2.45, 2.75) is 12.8 Å². The molecule has 2 N–H and O–H groups in total. The molecule has 1 aliphatic heterocycles. The largest absolute Gasteiger partial charge is 0.317 e. The van der Waals surface area contributed by atoms with Crippen molar-refractivity contribution >= 4 is 15.7 Å². The number of piperidine rings is 1. The monoisotopic (exact) mass is 308 g/mol. The first-order valence-corrected chi connectivity index (χ1v) is 7.89. The molecule has 1 heterocycles. The molecule has 0 radical (unpaired) electrons. The molecule has 0 amide bonds. The summed E-state index contributed by atoms with van der Waals surface area (Å²) in [5, 5.41) is 3.11. The zero-order chi connectivity index (χ0) is 14.8. The molecule has 1 saturated heterocycles. The van der Waals surface area contributed by atoms with Gasteiger partial charge >= 0.3 is 0 Å². The summed E-state index contributed by atoms with van der Waals surface area (Å²) in [7, 11) is -3.79. The van der Waals surface area contributed by atoms with Gasteiger partial charge in [0.15, 0.2) is 17.5 Å². The lowest BCUT2D eigenvalue weighted by atomic mass is 10.0. The molecule has 1 fully saturated rings. The number of hydrogen-bond acceptors (Lipinski definition) is 3. The molecular formula is C12H15F3N2O2S. The molecule has 0 aromatic heterocycles. The molecule has 0 unspecified atom stereocenters. The molecule has 0 bridgehead atoms. The van der Waals surface area contributed by atoms with Gasteiger partial charge in [0.1, 0.15) is 0 Å². The minimum absolute atomic E-state index is 0.0258. The van der Waals surface area contributed by atoms with E-state index in [-0.39, 0.29) is 11.7 Å². The lowest BCUT2D eigenvalue weighted by Crippen LogP contribution is -2.33. The van der Waals surface area contributed by atoms with Crippen LogP contribution in [0.2, 0.25) is 0 Å². The lowest BCUT2D eigenvalue weighted by molar-refractivity contribution is 0.402. The first-order valence-electron chi connectivity index (χ1n) is 6.24. The molecule has 0 spiro atoms. The fourth-order valence-electron chi connectivity index (χ4n) is 2.17. The Morgan fingerprint density at radius 2 is 1.80 bits per heavy atom. The van der Waals surface area contributed by atoms with E-state index in [2.05, 4.69) is 5.32 Å². The van der Waals surface area contributed by atoms with Gasteiger partial charge in [-0.05, 0) is 44.0 Å². The number of halogens is 3. The van der Waals surface area contributed by atoms with Gasteiger partial charge in [0.05, 0.1) is 11.4 Å². The number of rotatable bonds is 4. The highest BCUT2D eigenvalue weighted by molar-refractivity contribution is 7.92. The van der Waals surface area contributed by atoms with Crippen LogP contribution in [0, 0.1) is 23.4 Å². The van der Waals surface area contributed by atoms with Crippen molar-refractivity contribution in [1.29, 1.82) is 0 Å². The molecular weight excluding hydrogens is 293 g/mol. The maximum Gasteiger partial charge on any atom is 0.233 e. The smallest absolute Gasteiger partial charge is 0.233 e. The van der Waals surface area contributed by atoms with E-state index in [1.54, 1.807) is 0 Å². The number of hydrogen-bond donors (Lipinski definition) is 2. The quantitative estimate of drug-likeness (QED) is 0.835. The zero-order valence-corrected chi connectivity index (χ0v) is 11.4. The van der Waals surface area contributed by atoms with Gasteiger partial charge in [-0.25, -0.2) is 21.6 Å². The fourth-order valence-corrected chi connectivity index (χ4v) is 3.70. The van der Waals surface area contributed by atoms with Crippen LogP contribution in [0.25, 0.3) is 0 Å². The second-order valence-corrected chi connectivity index (χ2v) is 6.57. The van der Waals surface area contributed by atoms with E-state index in [0.29, 0.717) is 18.9 Å². The van der Waals surface area contributed by atoms with Crippen molar-refractivity contribution in [3.8, 4) is 0 Å². The van der Waals surface area contributed by atoms with Crippen LogP contribution in [0.15, 0.2) is 12.1 Å². The number of benzene rings is 1. The van der Waals surface area contributed by atoms with Crippen molar-refractivity contribution in [1.82, 2.24) is 5.32 Å². The maximum absolute atomic E-state index is 13.4. The standard InChI is InChI=1S/C12H15F3N2O2S/c13-9-1-2-10(12(15)11(9)14)17-20(18,19)7-8-3-5-16-6-4-8/h1-2,8,16-17H,3-7H2. The van der Waals surface area contributed by atoms with Crippen LogP contribution in [0.3, 0.4) is 0 Å². The zero-order valence-electron chi connectivity index (χ0n) is 10.6. The van der Waals surface area contributed by atoms with Gasteiger partial charge < -0.3 is 5.32 Å². The Morgan fingerprint density at radius 1 is 1.15 bits per heavy atom. The summed E-state index contributed by atoms with van der Waals surface area (Å²) in [6, 6.07) is 1.55. The number of anilines is 1. The van der Waals surface area contributed by atoms with E-state index in [0.717, 1.165) is 19.2 Å². The van der Waals surface area contributed by atoms with Crippen LogP contribution < -0.4 is 10.0 Å². The van der Waals surface area contributed by atoms with Crippen molar-refractivity contribution in [2.75, 3.05) is 23.6 Å². The predicted molar refractivity (Wildman–Crippen MR) is 69.3 cm³/mol. The average Bonchev–Trinajstić information content (AvgIpc) is 2.40. The Labute approximate surface area is 115 Å². The average molecular weight is 308 g/mol. The van der Waals surface area contributed by atoms with E-state index >= 15 is 0 Å². The summed E-state index contributed by atoms with van der Waals surface area (Å²) >= 11 is 0. The molecule has 112 valence electrons. The van der Waals surface area contributed by atoms with E-state index in [1.807, 2.05) is 4.72 Å². The first kappa shape index (κ1) is 15.1. The number of sulfonamides is 1. The van der Waals surface area contributed by atoms with Crippen LogP contribution in [0.5, 0.6) is 0 Å². The first-order chi connectivity index (χ1) is 9.39. The van der Waals surface area contributed by atoms with Crippen LogP contribution in [0.1, 0.15) is 12.8 Å². The van der Waals surface area contributed by atoms with Crippen LogP contribution in [-0.4, -0.2) is 27.3 Å². The normalized spacial score (nSPS) is 17.1. The van der Waals surface area contributed by atoms with Crippen LogP contribution >= 0.6 is 0 Å². The van der Waals surface area contributed by atoms with Crippen molar-refractivity contribution < 1.29 is 21.6 Å². The Morgan fingerprint density at radius 3 is 2.45 bits per heavy atom. The molecule has 1 aromatic rings. The van der Waals surface area contributed by atoms with Gasteiger partial charge in [-0.1, -0.05) is 0 Å². The molecule has 1 aliphatic rings. The van der Waals surface area contributed by atoms with Crippen molar-refractivity contribution in [3.63, 3.8) is 0 Å². The Kier molecular flexibility index (Phi) is 4.54. The number of nitrogens with one attached hydrogen (secondary N) is 2. The van der Waals surface area contributed by atoms with Crippen molar-refractivity contribution in [3.05, 3.63) is 29.6 Å². The van der Waals surface area contributed by atoms with Gasteiger partial charge in [0.25, 0.3) is 0 Å². The maximum atomic E-state index is 13.4. The molecule has 0 aliphatic carbocycles. The topological polar surface area (TPSA) is 58.2 Å². The van der Waals surface area contributed by atoms with Gasteiger partial charge in [-0.3, -0.25) is 4.72 Å². The summed E-state index contributed by atoms with van der Waals surface area (Å²) in [6.07, 6.45) is 1.42. The SMILES string of the molecule is O=S(=O)(CC1CCNCC1)Nc1ccc(F)c(F)c1F. The highest BCUT2D eigenvalue weighted by atomic mass is 32.2. The summed E-state index contributed by atoms with van der Waals surface area (Å²) in [4.78, 5) is 0. The molecule has 2 rings (SSSR count). The second kappa shape index (κ2) is 6.01. The lowest BCUT2D eigenvalue weighted by Gasteiger charge is -2.22. The molecule has 0 atom stereocenters. The minimum Gasteiger partial charge on any atom is -0.317 e. The highest BCUT2D eigenvalue weighted by Gasteiger charge is 2.23. The highest BCUT2D eigenvalue weighted by Crippen LogP contribution is 2.22. The summed E-state index contributed by atoms with van der Waals surface area (Å²) in [5.74, 6) is -4.76.